The van der Waals surface area contributed by atoms with Crippen LogP contribution in [-0.4, -0.2) is 22.4 Å². The average Bonchev–Trinajstić information content (AvgIpc) is 3.11. The second kappa shape index (κ2) is 7.72. The molecule has 0 radical (unpaired) electrons. The number of hydrogen-bond donors (Lipinski definition) is 1. The molecular formula is C20H22N4O3. The van der Waals surface area contributed by atoms with E-state index in [0.29, 0.717) is 17.9 Å². The Morgan fingerprint density at radius 3 is 2.56 bits per heavy atom. The fourth-order valence-corrected chi connectivity index (χ4v) is 3.33. The standard InChI is InChI=1S/C20H22N4O3/c1-12-7-13(2)9-15(8-12)22-23-18-14(3)17(10-21)19(25)24(20(18)26)11-16-5-4-6-27-16/h7-9,16,25H,4-6,11H2,1-3H3. The van der Waals surface area contributed by atoms with Gasteiger partial charge in [-0.3, -0.25) is 9.36 Å². The molecule has 1 saturated heterocycles. The molecule has 0 amide bonds. The molecule has 0 aliphatic carbocycles. The molecule has 3 rings (SSSR count). The zero-order valence-electron chi connectivity index (χ0n) is 15.7. The van der Waals surface area contributed by atoms with Crippen LogP contribution in [0.15, 0.2) is 33.2 Å². The molecule has 1 atom stereocenters. The van der Waals surface area contributed by atoms with Crippen molar-refractivity contribution in [1.29, 1.82) is 5.26 Å². The van der Waals surface area contributed by atoms with E-state index >= 15 is 0 Å². The Balaban J connectivity index is 2.07. The summed E-state index contributed by atoms with van der Waals surface area (Å²) in [5, 5.41) is 28.2. The van der Waals surface area contributed by atoms with Gasteiger partial charge in [0.15, 0.2) is 5.69 Å². The molecule has 7 heteroatoms. The number of aromatic nitrogens is 1. The van der Waals surface area contributed by atoms with Gasteiger partial charge in [0.25, 0.3) is 5.56 Å². The van der Waals surface area contributed by atoms with Gasteiger partial charge in [-0.2, -0.15) is 10.4 Å². The van der Waals surface area contributed by atoms with Crippen molar-refractivity contribution in [1.82, 2.24) is 4.57 Å². The SMILES string of the molecule is Cc1cc(C)cc(N=Nc2c(C)c(C#N)c(O)n(CC3CCCO3)c2=O)c1. The van der Waals surface area contributed by atoms with E-state index in [1.807, 2.05) is 38.1 Å². The highest BCUT2D eigenvalue weighted by atomic mass is 16.5. The summed E-state index contributed by atoms with van der Waals surface area (Å²) in [5.74, 6) is -0.346. The summed E-state index contributed by atoms with van der Waals surface area (Å²) in [6.07, 6.45) is 1.56. The number of ether oxygens (including phenoxy) is 1. The van der Waals surface area contributed by atoms with E-state index in [0.717, 1.165) is 28.5 Å². The van der Waals surface area contributed by atoms with Crippen LogP contribution in [0.5, 0.6) is 5.88 Å². The van der Waals surface area contributed by atoms with Gasteiger partial charge in [0.1, 0.15) is 11.6 Å². The molecule has 7 nitrogen and oxygen atoms in total. The highest BCUT2D eigenvalue weighted by molar-refractivity contribution is 5.57. The second-order valence-electron chi connectivity index (χ2n) is 6.88. The summed E-state index contributed by atoms with van der Waals surface area (Å²) >= 11 is 0. The first-order valence-corrected chi connectivity index (χ1v) is 8.88. The van der Waals surface area contributed by atoms with Gasteiger partial charge in [0.05, 0.1) is 18.3 Å². The summed E-state index contributed by atoms with van der Waals surface area (Å²) < 4.78 is 6.72. The highest BCUT2D eigenvalue weighted by Gasteiger charge is 2.23. The van der Waals surface area contributed by atoms with Gasteiger partial charge >= 0.3 is 0 Å². The lowest BCUT2D eigenvalue weighted by atomic mass is 10.1. The van der Waals surface area contributed by atoms with Gasteiger partial charge in [-0.05, 0) is 56.9 Å². The van der Waals surface area contributed by atoms with Crippen molar-refractivity contribution in [3.63, 3.8) is 0 Å². The van der Waals surface area contributed by atoms with Crippen molar-refractivity contribution in [3.8, 4) is 11.9 Å². The summed E-state index contributed by atoms with van der Waals surface area (Å²) in [5.41, 5.74) is 2.64. The minimum Gasteiger partial charge on any atom is -0.493 e. The summed E-state index contributed by atoms with van der Waals surface area (Å²) in [6, 6.07) is 7.71. The number of aromatic hydroxyl groups is 1. The lowest BCUT2D eigenvalue weighted by Crippen LogP contribution is -2.27. The van der Waals surface area contributed by atoms with Gasteiger partial charge in [0.2, 0.25) is 5.88 Å². The number of benzene rings is 1. The van der Waals surface area contributed by atoms with Crippen LogP contribution < -0.4 is 5.56 Å². The first kappa shape index (κ1) is 18.8. The summed E-state index contributed by atoms with van der Waals surface area (Å²) in [6.45, 7) is 6.33. The van der Waals surface area contributed by atoms with Crippen LogP contribution in [-0.2, 0) is 11.3 Å². The van der Waals surface area contributed by atoms with E-state index in [9.17, 15) is 15.2 Å². The lowest BCUT2D eigenvalue weighted by Gasteiger charge is -2.16. The first-order chi connectivity index (χ1) is 12.9. The van der Waals surface area contributed by atoms with Crippen LogP contribution >= 0.6 is 0 Å². The van der Waals surface area contributed by atoms with Gasteiger partial charge in [-0.25, -0.2) is 0 Å². The first-order valence-electron chi connectivity index (χ1n) is 8.88. The van der Waals surface area contributed by atoms with Gasteiger partial charge in [0, 0.05) is 12.2 Å². The number of rotatable bonds is 4. The largest absolute Gasteiger partial charge is 0.493 e. The monoisotopic (exact) mass is 366 g/mol. The normalized spacial score (nSPS) is 16.7. The van der Waals surface area contributed by atoms with Crippen LogP contribution in [0.4, 0.5) is 11.4 Å². The van der Waals surface area contributed by atoms with Gasteiger partial charge in [-0.1, -0.05) is 6.07 Å². The molecule has 2 heterocycles. The molecule has 1 aliphatic heterocycles. The smallest absolute Gasteiger partial charge is 0.281 e. The maximum absolute atomic E-state index is 12.9. The third-order valence-corrected chi connectivity index (χ3v) is 4.65. The Morgan fingerprint density at radius 1 is 1.26 bits per heavy atom. The van der Waals surface area contributed by atoms with Crippen molar-refractivity contribution in [3.05, 3.63) is 50.8 Å². The van der Waals surface area contributed by atoms with Gasteiger partial charge < -0.3 is 9.84 Å². The number of hydrogen-bond acceptors (Lipinski definition) is 6. The van der Waals surface area contributed by atoms with E-state index in [4.69, 9.17) is 4.74 Å². The van der Waals surface area contributed by atoms with Gasteiger partial charge in [-0.15, -0.1) is 5.11 Å². The van der Waals surface area contributed by atoms with Crippen LogP contribution in [0.2, 0.25) is 0 Å². The Bertz CT molecular complexity index is 976. The summed E-state index contributed by atoms with van der Waals surface area (Å²) in [4.78, 5) is 12.9. The molecule has 27 heavy (non-hydrogen) atoms. The number of nitriles is 1. The van der Waals surface area contributed by atoms with Crippen molar-refractivity contribution in [2.45, 2.75) is 46.3 Å². The fraction of sp³-hybridized carbons (Fsp3) is 0.400. The Hall–Kier alpha value is -2.98. The highest BCUT2D eigenvalue weighted by Crippen LogP contribution is 2.28. The number of pyridine rings is 1. The molecule has 2 aromatic rings. The Morgan fingerprint density at radius 2 is 1.96 bits per heavy atom. The molecule has 0 saturated carbocycles. The molecule has 1 aromatic heterocycles. The molecule has 0 bridgehead atoms. The minimum atomic E-state index is -0.479. The molecule has 1 unspecified atom stereocenters. The number of aryl methyl sites for hydroxylation is 2. The maximum Gasteiger partial charge on any atom is 0.281 e. The number of nitrogens with zero attached hydrogens (tertiary/aromatic N) is 4. The average molecular weight is 366 g/mol. The van der Waals surface area contributed by atoms with Crippen molar-refractivity contribution in [2.75, 3.05) is 6.61 Å². The predicted molar refractivity (Wildman–Crippen MR) is 101 cm³/mol. The van der Waals surface area contributed by atoms with E-state index in [1.165, 1.54) is 0 Å². The Labute approximate surface area is 157 Å². The fourth-order valence-electron chi connectivity index (χ4n) is 3.33. The minimum absolute atomic E-state index is 0.0296. The van der Waals surface area contributed by atoms with E-state index < -0.39 is 5.56 Å². The third-order valence-electron chi connectivity index (χ3n) is 4.65. The molecule has 1 aliphatic rings. The number of azo groups is 1. The zero-order chi connectivity index (χ0) is 19.6. The molecule has 140 valence electrons. The van der Waals surface area contributed by atoms with E-state index in [1.54, 1.807) is 6.92 Å². The quantitative estimate of drug-likeness (QED) is 0.828. The van der Waals surface area contributed by atoms with Crippen molar-refractivity contribution >= 4 is 11.4 Å². The zero-order valence-corrected chi connectivity index (χ0v) is 15.7. The predicted octanol–water partition coefficient (Wildman–Crippen LogP) is 3.95. The van der Waals surface area contributed by atoms with Crippen LogP contribution in [0.1, 0.15) is 35.1 Å². The van der Waals surface area contributed by atoms with Crippen LogP contribution in [0.25, 0.3) is 0 Å². The molecule has 1 fully saturated rings. The topological polar surface area (TPSA) is 100.0 Å². The summed E-state index contributed by atoms with van der Waals surface area (Å²) in [7, 11) is 0. The molecule has 1 N–H and O–H groups in total. The van der Waals surface area contributed by atoms with E-state index in [2.05, 4.69) is 10.2 Å². The Kier molecular flexibility index (Phi) is 5.38. The second-order valence-corrected chi connectivity index (χ2v) is 6.88. The molecular weight excluding hydrogens is 344 g/mol. The molecule has 0 spiro atoms. The van der Waals surface area contributed by atoms with Crippen molar-refractivity contribution < 1.29 is 9.84 Å². The van der Waals surface area contributed by atoms with Crippen molar-refractivity contribution in [2.24, 2.45) is 10.2 Å². The van der Waals surface area contributed by atoms with Crippen LogP contribution in [0.3, 0.4) is 0 Å². The third kappa shape index (κ3) is 3.91. The lowest BCUT2D eigenvalue weighted by molar-refractivity contribution is 0.0939. The van der Waals surface area contributed by atoms with E-state index in [-0.39, 0.29) is 29.8 Å². The maximum atomic E-state index is 12.9. The molecule has 1 aromatic carbocycles. The van der Waals surface area contributed by atoms with Crippen LogP contribution in [0, 0.1) is 32.1 Å².